The van der Waals surface area contributed by atoms with Crippen molar-refractivity contribution in [2.75, 3.05) is 43.9 Å². The zero-order chi connectivity index (χ0) is 23.4. The van der Waals surface area contributed by atoms with Crippen molar-refractivity contribution < 1.29 is 9.59 Å². The first-order valence-electron chi connectivity index (χ1n) is 11.3. The number of piperidine rings is 1. The van der Waals surface area contributed by atoms with Gasteiger partial charge in [0.05, 0.1) is 12.0 Å². The zero-order valence-corrected chi connectivity index (χ0v) is 19.3. The van der Waals surface area contributed by atoms with Gasteiger partial charge in [0.15, 0.2) is 0 Å². The van der Waals surface area contributed by atoms with E-state index in [2.05, 4.69) is 22.2 Å². The summed E-state index contributed by atoms with van der Waals surface area (Å²) in [4.78, 5) is 33.4. The Hall–Kier alpha value is -3.45. The molecule has 7 nitrogen and oxygen atoms in total. The van der Waals surface area contributed by atoms with Gasteiger partial charge in [0.25, 0.3) is 0 Å². The normalized spacial score (nSPS) is 16.8. The molecule has 7 heteroatoms. The topological polar surface area (TPSA) is 77.6 Å². The number of para-hydroxylation sites is 1. The van der Waals surface area contributed by atoms with Gasteiger partial charge in [-0.25, -0.2) is 4.98 Å². The van der Waals surface area contributed by atoms with Crippen LogP contribution < -0.4 is 15.5 Å². The fraction of sp³-hybridized carbons (Fsp3) is 0.346. The summed E-state index contributed by atoms with van der Waals surface area (Å²) >= 11 is 0. The van der Waals surface area contributed by atoms with Gasteiger partial charge in [-0.2, -0.15) is 0 Å². The van der Waals surface area contributed by atoms with E-state index in [1.807, 2.05) is 48.3 Å². The standard InChI is InChI=1S/C26H31N5O2/c1-19(31(3)22-7-5-4-6-8-22)18-30(2)23(32)10-9-20-15-21-16-26(11-13-27-14-12-26)25(33)29-24(21)28-17-20/h4-10,15,17,27H,1,11-14,16,18H2,2-3H3,(H,28,29,33)/b10-9+. The molecule has 2 aliphatic rings. The number of amides is 2. The van der Waals surface area contributed by atoms with E-state index in [-0.39, 0.29) is 17.2 Å². The van der Waals surface area contributed by atoms with Crippen LogP contribution in [-0.2, 0) is 16.0 Å². The van der Waals surface area contributed by atoms with Crippen molar-refractivity contribution in [2.45, 2.75) is 19.3 Å². The van der Waals surface area contributed by atoms with Gasteiger partial charge in [-0.15, -0.1) is 0 Å². The minimum Gasteiger partial charge on any atom is -0.347 e. The highest BCUT2D eigenvalue weighted by Crippen LogP contribution is 2.39. The summed E-state index contributed by atoms with van der Waals surface area (Å²) in [6.45, 7) is 6.24. The largest absolute Gasteiger partial charge is 0.347 e. The third-order valence-electron chi connectivity index (χ3n) is 6.62. The number of hydrogen-bond acceptors (Lipinski definition) is 5. The van der Waals surface area contributed by atoms with Crippen molar-refractivity contribution in [3.05, 3.63) is 72.1 Å². The number of nitrogens with one attached hydrogen (secondary N) is 2. The van der Waals surface area contributed by atoms with Crippen molar-refractivity contribution in [1.29, 1.82) is 0 Å². The maximum Gasteiger partial charge on any atom is 0.246 e. The van der Waals surface area contributed by atoms with Crippen molar-refractivity contribution in [3.8, 4) is 0 Å². The number of hydrogen-bond donors (Lipinski definition) is 2. The molecule has 2 aliphatic heterocycles. The molecule has 1 fully saturated rings. The molecule has 1 aromatic carbocycles. The van der Waals surface area contributed by atoms with E-state index in [0.29, 0.717) is 18.8 Å². The fourth-order valence-corrected chi connectivity index (χ4v) is 4.45. The molecular weight excluding hydrogens is 414 g/mol. The maximum absolute atomic E-state index is 12.7. The quantitative estimate of drug-likeness (QED) is 0.669. The van der Waals surface area contributed by atoms with Crippen LogP contribution in [0.4, 0.5) is 11.5 Å². The van der Waals surface area contributed by atoms with Gasteiger partial charge in [0, 0.05) is 37.8 Å². The van der Waals surface area contributed by atoms with Gasteiger partial charge in [-0.3, -0.25) is 9.59 Å². The Morgan fingerprint density at radius 1 is 1.21 bits per heavy atom. The smallest absolute Gasteiger partial charge is 0.246 e. The van der Waals surface area contributed by atoms with Gasteiger partial charge in [-0.1, -0.05) is 24.8 Å². The molecule has 2 aromatic rings. The second-order valence-corrected chi connectivity index (χ2v) is 8.93. The average molecular weight is 446 g/mol. The molecule has 2 amide bonds. The van der Waals surface area contributed by atoms with Crippen molar-refractivity contribution in [3.63, 3.8) is 0 Å². The highest BCUT2D eigenvalue weighted by Gasteiger charge is 2.43. The third-order valence-corrected chi connectivity index (χ3v) is 6.62. The summed E-state index contributed by atoms with van der Waals surface area (Å²) in [7, 11) is 3.71. The number of likely N-dealkylation sites (N-methyl/N-ethyl adjacent to an activating group) is 2. The maximum atomic E-state index is 12.7. The SMILES string of the molecule is C=C(CN(C)C(=O)/C=C/c1cnc2c(c1)CC1(CCNCC1)C(=O)N2)N(C)c1ccccc1. The van der Waals surface area contributed by atoms with Crippen molar-refractivity contribution in [2.24, 2.45) is 5.41 Å². The number of benzene rings is 1. The molecule has 0 bridgehead atoms. The number of aromatic nitrogens is 1. The lowest BCUT2D eigenvalue weighted by Gasteiger charge is -2.39. The molecule has 0 radical (unpaired) electrons. The van der Waals surface area contributed by atoms with E-state index < -0.39 is 0 Å². The Morgan fingerprint density at radius 2 is 1.94 bits per heavy atom. The summed E-state index contributed by atoms with van der Waals surface area (Å²) in [6.07, 6.45) is 7.35. The molecule has 0 unspecified atom stereocenters. The summed E-state index contributed by atoms with van der Waals surface area (Å²) in [5, 5.41) is 6.31. The molecular formula is C26H31N5O2. The van der Waals surface area contributed by atoms with Gasteiger partial charge < -0.3 is 20.4 Å². The van der Waals surface area contributed by atoms with Crippen LogP contribution in [0.15, 0.2) is 60.9 Å². The number of rotatable bonds is 6. The van der Waals surface area contributed by atoms with E-state index >= 15 is 0 Å². The van der Waals surface area contributed by atoms with Crippen LogP contribution in [-0.4, -0.2) is 55.4 Å². The lowest BCUT2D eigenvalue weighted by molar-refractivity contribution is -0.127. The minimum absolute atomic E-state index is 0.0739. The van der Waals surface area contributed by atoms with E-state index in [0.717, 1.165) is 48.4 Å². The van der Waals surface area contributed by atoms with Crippen LogP contribution in [0.3, 0.4) is 0 Å². The Bertz CT molecular complexity index is 1070. The Balaban J connectivity index is 1.40. The highest BCUT2D eigenvalue weighted by molar-refractivity contribution is 5.98. The van der Waals surface area contributed by atoms with E-state index in [1.165, 1.54) is 0 Å². The van der Waals surface area contributed by atoms with Crippen molar-refractivity contribution >= 4 is 29.4 Å². The van der Waals surface area contributed by atoms with Crippen LogP contribution >= 0.6 is 0 Å². The summed E-state index contributed by atoms with van der Waals surface area (Å²) in [6, 6.07) is 12.0. The first-order chi connectivity index (χ1) is 15.9. The van der Waals surface area contributed by atoms with Crippen LogP contribution in [0.25, 0.3) is 6.08 Å². The van der Waals surface area contributed by atoms with Gasteiger partial charge in [0.1, 0.15) is 5.82 Å². The van der Waals surface area contributed by atoms with Crippen molar-refractivity contribution in [1.82, 2.24) is 15.2 Å². The fourth-order valence-electron chi connectivity index (χ4n) is 4.45. The van der Waals surface area contributed by atoms with Crippen LogP contribution in [0.1, 0.15) is 24.0 Å². The van der Waals surface area contributed by atoms with Gasteiger partial charge in [-0.05, 0) is 67.8 Å². The third kappa shape index (κ3) is 4.98. The number of pyridine rings is 1. The number of anilines is 2. The van der Waals surface area contributed by atoms with E-state index in [9.17, 15) is 9.59 Å². The van der Waals surface area contributed by atoms with Crippen LogP contribution in [0.2, 0.25) is 0 Å². The zero-order valence-electron chi connectivity index (χ0n) is 19.3. The Morgan fingerprint density at radius 3 is 2.67 bits per heavy atom. The van der Waals surface area contributed by atoms with E-state index in [1.54, 1.807) is 30.3 Å². The molecule has 0 atom stereocenters. The summed E-state index contributed by atoms with van der Waals surface area (Å²) < 4.78 is 0. The molecule has 1 aromatic heterocycles. The minimum atomic E-state index is -0.358. The molecule has 0 saturated carbocycles. The predicted molar refractivity (Wildman–Crippen MR) is 132 cm³/mol. The summed E-state index contributed by atoms with van der Waals surface area (Å²) in [5.41, 5.74) is 3.36. The number of carbonyl (C=O) groups is 2. The molecule has 1 spiro atoms. The van der Waals surface area contributed by atoms with Crippen LogP contribution in [0.5, 0.6) is 0 Å². The highest BCUT2D eigenvalue weighted by atomic mass is 16.2. The van der Waals surface area contributed by atoms with Crippen LogP contribution in [0, 0.1) is 5.41 Å². The molecule has 3 heterocycles. The molecule has 0 aliphatic carbocycles. The monoisotopic (exact) mass is 445 g/mol. The summed E-state index contributed by atoms with van der Waals surface area (Å²) in [5.74, 6) is 0.591. The first kappa shape index (κ1) is 22.7. The molecule has 2 N–H and O–H groups in total. The predicted octanol–water partition coefficient (Wildman–Crippen LogP) is 3.07. The second-order valence-electron chi connectivity index (χ2n) is 8.93. The van der Waals surface area contributed by atoms with Gasteiger partial charge >= 0.3 is 0 Å². The Labute approximate surface area is 195 Å². The van der Waals surface area contributed by atoms with E-state index in [4.69, 9.17) is 0 Å². The Kier molecular flexibility index (Phi) is 6.60. The molecule has 1 saturated heterocycles. The number of carbonyl (C=O) groups excluding carboxylic acids is 2. The molecule has 172 valence electrons. The lowest BCUT2D eigenvalue weighted by Crippen LogP contribution is -2.48. The molecule has 4 rings (SSSR count). The second kappa shape index (κ2) is 9.58. The van der Waals surface area contributed by atoms with Gasteiger partial charge in [0.2, 0.25) is 11.8 Å². The number of fused-ring (bicyclic) bond motifs is 1. The number of nitrogens with zero attached hydrogens (tertiary/aromatic N) is 3. The average Bonchev–Trinajstić information content (AvgIpc) is 2.83. The molecule has 33 heavy (non-hydrogen) atoms. The lowest BCUT2D eigenvalue weighted by atomic mass is 9.71. The first-order valence-corrected chi connectivity index (χ1v) is 11.3.